The number of fused-ring (bicyclic) bond motifs is 4. The molecule has 7 nitrogen and oxygen atoms in total. The number of carbonyl (C=O) groups is 2. The summed E-state index contributed by atoms with van der Waals surface area (Å²) in [5.74, 6) is -1.05. The zero-order chi connectivity index (χ0) is 21.4. The minimum Gasteiger partial charge on any atom is -0.476 e. The van der Waals surface area contributed by atoms with Gasteiger partial charge in [0.2, 0.25) is 0 Å². The van der Waals surface area contributed by atoms with Crippen molar-refractivity contribution in [2.45, 2.75) is 31.8 Å². The monoisotopic (exact) mass is 417 g/mol. The van der Waals surface area contributed by atoms with E-state index in [1.807, 2.05) is 24.3 Å². The van der Waals surface area contributed by atoms with Gasteiger partial charge in [0.1, 0.15) is 6.61 Å². The summed E-state index contributed by atoms with van der Waals surface area (Å²) in [5, 5.41) is 13.4. The third-order valence-electron chi connectivity index (χ3n) is 6.08. The molecule has 1 amide bonds. The fraction of sp³-hybridized carbons (Fsp3) is 0.292. The van der Waals surface area contributed by atoms with Gasteiger partial charge >= 0.3 is 12.1 Å². The van der Waals surface area contributed by atoms with Gasteiger partial charge in [-0.05, 0) is 41.2 Å². The van der Waals surface area contributed by atoms with Crippen molar-refractivity contribution in [1.82, 2.24) is 14.7 Å². The van der Waals surface area contributed by atoms with Crippen molar-refractivity contribution in [3.8, 4) is 11.1 Å². The molecule has 0 radical (unpaired) electrons. The Morgan fingerprint density at radius 3 is 2.32 bits per heavy atom. The van der Waals surface area contributed by atoms with Crippen LogP contribution < -0.4 is 0 Å². The van der Waals surface area contributed by atoms with Gasteiger partial charge in [-0.1, -0.05) is 48.5 Å². The average molecular weight is 417 g/mol. The molecule has 0 saturated heterocycles. The standard InChI is InChI=1S/C24H23N3O4/c28-23(29)22-13-16-14-26(11-5-6-12-27(16)25-22)24(30)31-15-21-19-9-3-1-7-17(19)18-8-2-4-10-20(18)21/h1-4,7-10,13,21H,5-6,11-12,14-15H2,(H,28,29). The minimum atomic E-state index is -1.06. The molecule has 31 heavy (non-hydrogen) atoms. The van der Waals surface area contributed by atoms with Gasteiger partial charge in [-0.2, -0.15) is 5.10 Å². The molecule has 0 unspecified atom stereocenters. The van der Waals surface area contributed by atoms with Gasteiger partial charge < -0.3 is 14.7 Å². The zero-order valence-electron chi connectivity index (χ0n) is 17.0. The number of rotatable bonds is 3. The number of carboxylic acids is 1. The Morgan fingerprint density at radius 2 is 1.65 bits per heavy atom. The van der Waals surface area contributed by atoms with E-state index in [1.165, 1.54) is 28.3 Å². The van der Waals surface area contributed by atoms with Crippen LogP contribution in [0.3, 0.4) is 0 Å². The first-order valence-electron chi connectivity index (χ1n) is 10.5. The number of aromatic carboxylic acids is 1. The summed E-state index contributed by atoms with van der Waals surface area (Å²) in [7, 11) is 0. The predicted molar refractivity (Wildman–Crippen MR) is 114 cm³/mol. The highest BCUT2D eigenvalue weighted by Gasteiger charge is 2.30. The van der Waals surface area contributed by atoms with Crippen LogP contribution >= 0.6 is 0 Å². The summed E-state index contributed by atoms with van der Waals surface area (Å²) in [6.45, 7) is 1.78. The highest BCUT2D eigenvalue weighted by Crippen LogP contribution is 2.44. The molecular weight excluding hydrogens is 394 g/mol. The summed E-state index contributed by atoms with van der Waals surface area (Å²) >= 11 is 0. The Morgan fingerprint density at radius 1 is 1.00 bits per heavy atom. The van der Waals surface area contributed by atoms with Gasteiger partial charge in [0.05, 0.1) is 12.2 Å². The third kappa shape index (κ3) is 3.56. The van der Waals surface area contributed by atoms with Crippen LogP contribution in [0.2, 0.25) is 0 Å². The molecule has 0 atom stereocenters. The maximum absolute atomic E-state index is 13.0. The van der Waals surface area contributed by atoms with E-state index in [0.29, 0.717) is 18.8 Å². The second-order valence-electron chi connectivity index (χ2n) is 7.98. The highest BCUT2D eigenvalue weighted by atomic mass is 16.6. The molecule has 1 N–H and O–H groups in total. The molecule has 3 aromatic rings. The molecule has 5 rings (SSSR count). The van der Waals surface area contributed by atoms with Gasteiger partial charge in [0.25, 0.3) is 0 Å². The second-order valence-corrected chi connectivity index (χ2v) is 7.98. The van der Waals surface area contributed by atoms with Gasteiger partial charge in [0, 0.05) is 19.0 Å². The lowest BCUT2D eigenvalue weighted by Gasteiger charge is -2.25. The molecule has 2 aromatic carbocycles. The Balaban J connectivity index is 1.33. The predicted octanol–water partition coefficient (Wildman–Crippen LogP) is 4.13. The minimum absolute atomic E-state index is 0.00406. The summed E-state index contributed by atoms with van der Waals surface area (Å²) in [6.07, 6.45) is 1.25. The van der Waals surface area contributed by atoms with Crippen molar-refractivity contribution >= 4 is 12.1 Å². The summed E-state index contributed by atoms with van der Waals surface area (Å²) in [6, 6.07) is 18.0. The molecular formula is C24H23N3O4. The number of aromatic nitrogens is 2. The SMILES string of the molecule is O=C(O)c1cc2n(n1)CCCCN(C(=O)OCC1c3ccccc3-c3ccccc31)C2. The van der Waals surface area contributed by atoms with Crippen molar-refractivity contribution < 1.29 is 19.4 Å². The topological polar surface area (TPSA) is 84.7 Å². The van der Waals surface area contributed by atoms with E-state index in [4.69, 9.17) is 4.74 Å². The van der Waals surface area contributed by atoms with E-state index < -0.39 is 5.97 Å². The molecule has 2 heterocycles. The van der Waals surface area contributed by atoms with E-state index in [-0.39, 0.29) is 30.9 Å². The highest BCUT2D eigenvalue weighted by molar-refractivity contribution is 5.85. The maximum atomic E-state index is 13.0. The van der Waals surface area contributed by atoms with Crippen LogP contribution in [0, 0.1) is 0 Å². The van der Waals surface area contributed by atoms with Crippen LogP contribution in [0.15, 0.2) is 54.6 Å². The van der Waals surface area contributed by atoms with Crippen molar-refractivity contribution in [3.63, 3.8) is 0 Å². The summed E-state index contributed by atoms with van der Waals surface area (Å²) in [5.41, 5.74) is 5.45. The van der Waals surface area contributed by atoms with Crippen LogP contribution in [0.4, 0.5) is 4.79 Å². The van der Waals surface area contributed by atoms with Crippen molar-refractivity contribution in [1.29, 1.82) is 0 Å². The van der Waals surface area contributed by atoms with E-state index in [2.05, 4.69) is 29.4 Å². The first-order valence-corrected chi connectivity index (χ1v) is 10.5. The number of nitrogens with zero attached hydrogens (tertiary/aromatic N) is 3. The average Bonchev–Trinajstić information content (AvgIpc) is 3.31. The number of carbonyl (C=O) groups excluding carboxylic acids is 1. The van der Waals surface area contributed by atoms with E-state index >= 15 is 0 Å². The zero-order valence-corrected chi connectivity index (χ0v) is 17.0. The molecule has 0 saturated carbocycles. The normalized spacial score (nSPS) is 15.4. The van der Waals surface area contributed by atoms with Crippen LogP contribution in [0.25, 0.3) is 11.1 Å². The Kier molecular flexibility index (Phi) is 4.94. The smallest absolute Gasteiger partial charge is 0.410 e. The number of benzene rings is 2. The Bertz CT molecular complexity index is 1110. The molecule has 158 valence electrons. The van der Waals surface area contributed by atoms with Crippen molar-refractivity contribution in [2.75, 3.05) is 13.2 Å². The van der Waals surface area contributed by atoms with Gasteiger partial charge in [-0.15, -0.1) is 0 Å². The second kappa shape index (κ2) is 7.91. The molecule has 7 heteroatoms. The van der Waals surface area contributed by atoms with E-state index in [1.54, 1.807) is 9.58 Å². The van der Waals surface area contributed by atoms with Gasteiger partial charge in [-0.3, -0.25) is 4.68 Å². The summed E-state index contributed by atoms with van der Waals surface area (Å²) in [4.78, 5) is 25.9. The quantitative estimate of drug-likeness (QED) is 0.693. The number of amides is 1. The lowest BCUT2D eigenvalue weighted by Crippen LogP contribution is -2.35. The molecule has 1 aliphatic heterocycles. The molecule has 0 fully saturated rings. The third-order valence-corrected chi connectivity index (χ3v) is 6.08. The van der Waals surface area contributed by atoms with Crippen molar-refractivity contribution in [3.05, 3.63) is 77.1 Å². The van der Waals surface area contributed by atoms with Crippen LogP contribution in [-0.2, 0) is 17.8 Å². The van der Waals surface area contributed by atoms with Gasteiger partial charge in [0.15, 0.2) is 5.69 Å². The van der Waals surface area contributed by atoms with Crippen molar-refractivity contribution in [2.24, 2.45) is 0 Å². The van der Waals surface area contributed by atoms with Crippen LogP contribution in [0.1, 0.15) is 46.1 Å². The van der Waals surface area contributed by atoms with Gasteiger partial charge in [-0.25, -0.2) is 9.59 Å². The first-order chi connectivity index (χ1) is 15.1. The first kappa shape index (κ1) is 19.4. The Hall–Kier alpha value is -3.61. The Labute approximate surface area is 179 Å². The number of carboxylic acid groups (broad SMARTS) is 1. The largest absolute Gasteiger partial charge is 0.476 e. The lowest BCUT2D eigenvalue weighted by molar-refractivity contribution is 0.0689. The number of hydrogen-bond acceptors (Lipinski definition) is 4. The molecule has 0 spiro atoms. The molecule has 2 aliphatic rings. The maximum Gasteiger partial charge on any atom is 0.410 e. The molecule has 1 aliphatic carbocycles. The van der Waals surface area contributed by atoms with Crippen LogP contribution in [-0.4, -0.2) is 45.0 Å². The number of aryl methyl sites for hydroxylation is 1. The fourth-order valence-electron chi connectivity index (χ4n) is 4.56. The fourth-order valence-corrected chi connectivity index (χ4v) is 4.56. The van der Waals surface area contributed by atoms with E-state index in [0.717, 1.165) is 12.8 Å². The van der Waals surface area contributed by atoms with E-state index in [9.17, 15) is 14.7 Å². The molecule has 0 bridgehead atoms. The number of hydrogen-bond donors (Lipinski definition) is 1. The molecule has 1 aromatic heterocycles. The lowest BCUT2D eigenvalue weighted by atomic mass is 9.98. The number of ether oxygens (including phenoxy) is 1. The van der Waals surface area contributed by atoms with Crippen LogP contribution in [0.5, 0.6) is 0 Å². The summed E-state index contributed by atoms with van der Waals surface area (Å²) < 4.78 is 7.47.